The lowest BCUT2D eigenvalue weighted by molar-refractivity contribution is 0.0952. The summed E-state index contributed by atoms with van der Waals surface area (Å²) in [6, 6.07) is 16.3. The lowest BCUT2D eigenvalue weighted by atomic mass is 9.98. The minimum absolute atomic E-state index is 0.0644. The summed E-state index contributed by atoms with van der Waals surface area (Å²) in [5, 5.41) is 2.90. The Balaban J connectivity index is 1.51. The van der Waals surface area contributed by atoms with Crippen LogP contribution in [0, 0.1) is 0 Å². The highest BCUT2D eigenvalue weighted by Crippen LogP contribution is 2.22. The second-order valence-electron chi connectivity index (χ2n) is 6.78. The van der Waals surface area contributed by atoms with Gasteiger partial charge in [-0.1, -0.05) is 37.3 Å². The molecule has 0 aromatic heterocycles. The number of hydrogen-bond donors (Lipinski definition) is 2. The second-order valence-corrected chi connectivity index (χ2v) is 8.49. The fourth-order valence-electron chi connectivity index (χ4n) is 2.73. The van der Waals surface area contributed by atoms with Crippen molar-refractivity contribution in [2.24, 2.45) is 0 Å². The number of amides is 1. The third-order valence-electron chi connectivity index (χ3n) is 4.56. The summed E-state index contributed by atoms with van der Waals surface area (Å²) >= 11 is 0. The molecule has 1 aliphatic carbocycles. The molecule has 1 aliphatic rings. The molecule has 5 nitrogen and oxygen atoms in total. The molecule has 2 N–H and O–H groups in total. The summed E-state index contributed by atoms with van der Waals surface area (Å²) < 4.78 is 26.9. The van der Waals surface area contributed by atoms with Crippen LogP contribution in [-0.4, -0.2) is 26.9 Å². The van der Waals surface area contributed by atoms with Crippen LogP contribution >= 0.6 is 0 Å². The van der Waals surface area contributed by atoms with Crippen molar-refractivity contribution >= 4 is 15.9 Å². The van der Waals surface area contributed by atoms with E-state index >= 15 is 0 Å². The highest BCUT2D eigenvalue weighted by molar-refractivity contribution is 7.89. The van der Waals surface area contributed by atoms with Crippen molar-refractivity contribution in [3.05, 3.63) is 65.7 Å². The Hall–Kier alpha value is -2.18. The van der Waals surface area contributed by atoms with E-state index in [1.165, 1.54) is 17.7 Å². The monoisotopic (exact) mass is 372 g/mol. The summed E-state index contributed by atoms with van der Waals surface area (Å²) in [7, 11) is -3.48. The van der Waals surface area contributed by atoms with E-state index in [1.54, 1.807) is 12.1 Å². The smallest absolute Gasteiger partial charge is 0.251 e. The second kappa shape index (κ2) is 8.01. The molecular formula is C20H24N2O3S. The van der Waals surface area contributed by atoms with Crippen LogP contribution in [0.25, 0.3) is 0 Å². The van der Waals surface area contributed by atoms with Gasteiger partial charge in [0.05, 0.1) is 4.90 Å². The summed E-state index contributed by atoms with van der Waals surface area (Å²) in [5.74, 6) is 0.168. The molecule has 0 saturated heterocycles. The number of sulfonamides is 1. The molecule has 6 heteroatoms. The minimum atomic E-state index is -3.48. The number of hydrogen-bond acceptors (Lipinski definition) is 3. The topological polar surface area (TPSA) is 75.3 Å². The summed E-state index contributed by atoms with van der Waals surface area (Å²) in [4.78, 5) is 12.4. The van der Waals surface area contributed by atoms with E-state index in [1.807, 2.05) is 18.2 Å². The van der Waals surface area contributed by atoms with Gasteiger partial charge in [-0.2, -0.15) is 0 Å². The van der Waals surface area contributed by atoms with Crippen molar-refractivity contribution in [2.75, 3.05) is 6.54 Å². The molecule has 0 bridgehead atoms. The van der Waals surface area contributed by atoms with Gasteiger partial charge in [-0.15, -0.1) is 0 Å². The number of rotatable bonds is 8. The van der Waals surface area contributed by atoms with Crippen LogP contribution in [0.15, 0.2) is 59.5 Å². The van der Waals surface area contributed by atoms with E-state index in [4.69, 9.17) is 0 Å². The Morgan fingerprint density at radius 3 is 2.35 bits per heavy atom. The van der Waals surface area contributed by atoms with E-state index in [2.05, 4.69) is 29.1 Å². The predicted octanol–water partition coefficient (Wildman–Crippen LogP) is 3.05. The zero-order chi connectivity index (χ0) is 18.6. The molecule has 1 fully saturated rings. The van der Waals surface area contributed by atoms with Gasteiger partial charge in [0.15, 0.2) is 0 Å². The van der Waals surface area contributed by atoms with Gasteiger partial charge in [0.25, 0.3) is 5.91 Å². The third kappa shape index (κ3) is 4.93. The van der Waals surface area contributed by atoms with E-state index in [9.17, 15) is 13.2 Å². The van der Waals surface area contributed by atoms with Gasteiger partial charge in [0, 0.05) is 18.2 Å². The molecule has 2 aromatic rings. The predicted molar refractivity (Wildman–Crippen MR) is 102 cm³/mol. The van der Waals surface area contributed by atoms with Gasteiger partial charge in [0.1, 0.15) is 0 Å². The Kier molecular flexibility index (Phi) is 5.74. The number of carbonyl (C=O) groups excluding carboxylic acids is 1. The van der Waals surface area contributed by atoms with Gasteiger partial charge in [-0.25, -0.2) is 13.1 Å². The largest absolute Gasteiger partial charge is 0.352 e. The Morgan fingerprint density at radius 1 is 1.08 bits per heavy atom. The summed E-state index contributed by atoms with van der Waals surface area (Å²) in [6.07, 6.45) is 2.62. The summed E-state index contributed by atoms with van der Waals surface area (Å²) in [6.45, 7) is 2.70. The van der Waals surface area contributed by atoms with Crippen molar-refractivity contribution in [1.29, 1.82) is 0 Å². The first-order valence-electron chi connectivity index (χ1n) is 8.91. The zero-order valence-corrected chi connectivity index (χ0v) is 15.6. The lowest BCUT2D eigenvalue weighted by Crippen LogP contribution is -2.27. The summed E-state index contributed by atoms with van der Waals surface area (Å²) in [5.41, 5.74) is 1.71. The molecule has 2 aromatic carbocycles. The standard InChI is InChI=1S/C20H24N2O3S/c1-15(16-5-3-2-4-6-16)13-14-21-20(23)17-7-11-19(12-8-17)26(24,25)22-18-9-10-18/h2-8,11-12,15,18,22H,9-10,13-14H2,1H3,(H,21,23). The molecule has 1 amide bonds. The normalized spacial score (nSPS) is 15.4. The zero-order valence-electron chi connectivity index (χ0n) is 14.8. The average Bonchev–Trinajstić information content (AvgIpc) is 3.45. The van der Waals surface area contributed by atoms with E-state index in [0.717, 1.165) is 19.3 Å². The van der Waals surface area contributed by atoms with Crippen molar-refractivity contribution in [3.8, 4) is 0 Å². The van der Waals surface area contributed by atoms with Gasteiger partial charge >= 0.3 is 0 Å². The van der Waals surface area contributed by atoms with Crippen molar-refractivity contribution < 1.29 is 13.2 Å². The molecule has 1 unspecified atom stereocenters. The van der Waals surface area contributed by atoms with Crippen molar-refractivity contribution in [2.45, 2.75) is 43.0 Å². The highest BCUT2D eigenvalue weighted by Gasteiger charge is 2.27. The van der Waals surface area contributed by atoms with Crippen LogP contribution in [0.4, 0.5) is 0 Å². The van der Waals surface area contributed by atoms with Crippen LogP contribution in [0.1, 0.15) is 48.0 Å². The SMILES string of the molecule is CC(CCNC(=O)c1ccc(S(=O)(=O)NC2CC2)cc1)c1ccccc1. The molecule has 3 rings (SSSR count). The molecule has 1 atom stereocenters. The molecule has 1 saturated carbocycles. The first-order valence-corrected chi connectivity index (χ1v) is 10.4. The van der Waals surface area contributed by atoms with Crippen LogP contribution < -0.4 is 10.0 Å². The number of carbonyl (C=O) groups is 1. The van der Waals surface area contributed by atoms with Crippen LogP contribution in [0.3, 0.4) is 0 Å². The van der Waals surface area contributed by atoms with Gasteiger partial charge in [-0.3, -0.25) is 4.79 Å². The first-order chi connectivity index (χ1) is 12.5. The van der Waals surface area contributed by atoms with Gasteiger partial charge in [0.2, 0.25) is 10.0 Å². The molecule has 0 heterocycles. The number of nitrogens with one attached hydrogen (secondary N) is 2. The van der Waals surface area contributed by atoms with Crippen LogP contribution in [0.2, 0.25) is 0 Å². The molecule has 0 radical (unpaired) electrons. The Bertz CT molecular complexity index is 844. The average molecular weight is 372 g/mol. The molecule has 138 valence electrons. The van der Waals surface area contributed by atoms with E-state index < -0.39 is 10.0 Å². The molecule has 0 spiro atoms. The maximum atomic E-state index is 12.2. The number of benzene rings is 2. The highest BCUT2D eigenvalue weighted by atomic mass is 32.2. The van der Waals surface area contributed by atoms with E-state index in [-0.39, 0.29) is 16.8 Å². The maximum absolute atomic E-state index is 12.2. The van der Waals surface area contributed by atoms with E-state index in [0.29, 0.717) is 18.0 Å². The minimum Gasteiger partial charge on any atom is -0.352 e. The van der Waals surface area contributed by atoms with Gasteiger partial charge in [-0.05, 0) is 55.0 Å². The molecular weight excluding hydrogens is 348 g/mol. The van der Waals surface area contributed by atoms with Crippen molar-refractivity contribution in [3.63, 3.8) is 0 Å². The molecule has 26 heavy (non-hydrogen) atoms. The maximum Gasteiger partial charge on any atom is 0.251 e. The molecule has 0 aliphatic heterocycles. The third-order valence-corrected chi connectivity index (χ3v) is 6.09. The van der Waals surface area contributed by atoms with Crippen LogP contribution in [-0.2, 0) is 10.0 Å². The quantitative estimate of drug-likeness (QED) is 0.748. The Morgan fingerprint density at radius 2 is 1.73 bits per heavy atom. The fourth-order valence-corrected chi connectivity index (χ4v) is 4.03. The fraction of sp³-hybridized carbons (Fsp3) is 0.350. The lowest BCUT2D eigenvalue weighted by Gasteiger charge is -2.12. The van der Waals surface area contributed by atoms with Gasteiger partial charge < -0.3 is 5.32 Å². The van der Waals surface area contributed by atoms with Crippen LogP contribution in [0.5, 0.6) is 0 Å². The Labute approximate surface area is 154 Å². The van der Waals surface area contributed by atoms with Crippen molar-refractivity contribution in [1.82, 2.24) is 10.0 Å². The first kappa shape index (κ1) is 18.6.